The Kier molecular flexibility index (Phi) is 3.92. The SMILES string of the molecule is CC(=O)Nc1cccc(-n2nnc(C=O)c2-c2cccnc2)c1. The minimum atomic E-state index is -0.165. The fraction of sp³-hybridized carbons (Fsp3) is 0.0625. The number of benzene rings is 1. The fourth-order valence-corrected chi connectivity index (χ4v) is 2.25. The fourth-order valence-electron chi connectivity index (χ4n) is 2.25. The van der Waals surface area contributed by atoms with Gasteiger partial charge in [-0.1, -0.05) is 11.3 Å². The highest BCUT2D eigenvalue weighted by molar-refractivity contribution is 5.89. The molecule has 0 saturated carbocycles. The molecule has 3 aromatic rings. The summed E-state index contributed by atoms with van der Waals surface area (Å²) in [5.41, 5.74) is 2.81. The minimum absolute atomic E-state index is 0.165. The molecule has 0 radical (unpaired) electrons. The van der Waals surface area contributed by atoms with E-state index < -0.39 is 0 Å². The van der Waals surface area contributed by atoms with Gasteiger partial charge in [0.05, 0.1) is 5.69 Å². The zero-order valence-corrected chi connectivity index (χ0v) is 12.3. The molecule has 0 saturated heterocycles. The van der Waals surface area contributed by atoms with E-state index in [1.165, 1.54) is 6.92 Å². The summed E-state index contributed by atoms with van der Waals surface area (Å²) in [6.07, 6.45) is 3.94. The molecule has 7 nitrogen and oxygen atoms in total. The van der Waals surface area contributed by atoms with Gasteiger partial charge >= 0.3 is 0 Å². The van der Waals surface area contributed by atoms with Gasteiger partial charge < -0.3 is 5.32 Å². The molecule has 0 atom stereocenters. The summed E-state index contributed by atoms with van der Waals surface area (Å²) >= 11 is 0. The van der Waals surface area contributed by atoms with E-state index in [-0.39, 0.29) is 11.6 Å². The highest BCUT2D eigenvalue weighted by atomic mass is 16.1. The molecule has 2 heterocycles. The number of anilines is 1. The molecule has 1 N–H and O–H groups in total. The van der Waals surface area contributed by atoms with Crippen LogP contribution in [0.1, 0.15) is 17.4 Å². The van der Waals surface area contributed by atoms with E-state index in [1.807, 2.05) is 12.1 Å². The van der Waals surface area contributed by atoms with Crippen LogP contribution in [0.25, 0.3) is 16.9 Å². The molecule has 114 valence electrons. The molecule has 2 aromatic heterocycles. The molecule has 3 rings (SSSR count). The van der Waals surface area contributed by atoms with Gasteiger partial charge in [-0.2, -0.15) is 0 Å². The predicted octanol–water partition coefficient (Wildman–Crippen LogP) is 2.10. The minimum Gasteiger partial charge on any atom is -0.326 e. The number of rotatable bonds is 4. The van der Waals surface area contributed by atoms with Gasteiger partial charge in [-0.05, 0) is 30.3 Å². The zero-order valence-electron chi connectivity index (χ0n) is 12.3. The number of amides is 1. The predicted molar refractivity (Wildman–Crippen MR) is 84.3 cm³/mol. The van der Waals surface area contributed by atoms with Crippen molar-refractivity contribution in [3.63, 3.8) is 0 Å². The molecule has 1 aromatic carbocycles. The first-order valence-corrected chi connectivity index (χ1v) is 6.88. The third-order valence-corrected chi connectivity index (χ3v) is 3.15. The monoisotopic (exact) mass is 307 g/mol. The molecule has 0 aliphatic rings. The Labute approximate surface area is 132 Å². The van der Waals surface area contributed by atoms with Gasteiger partial charge in [-0.3, -0.25) is 14.6 Å². The average Bonchev–Trinajstić information content (AvgIpc) is 2.99. The molecule has 0 aliphatic carbocycles. The van der Waals surface area contributed by atoms with Crippen LogP contribution in [0.4, 0.5) is 5.69 Å². The largest absolute Gasteiger partial charge is 0.326 e. The molecule has 7 heteroatoms. The number of pyridine rings is 1. The van der Waals surface area contributed by atoms with Gasteiger partial charge in [0.25, 0.3) is 0 Å². The smallest absolute Gasteiger partial charge is 0.221 e. The van der Waals surface area contributed by atoms with E-state index in [4.69, 9.17) is 0 Å². The highest BCUT2D eigenvalue weighted by Crippen LogP contribution is 2.24. The molecule has 1 amide bonds. The van der Waals surface area contributed by atoms with Crippen LogP contribution in [0.5, 0.6) is 0 Å². The Balaban J connectivity index is 2.12. The average molecular weight is 307 g/mol. The van der Waals surface area contributed by atoms with Crippen LogP contribution in [0.3, 0.4) is 0 Å². The van der Waals surface area contributed by atoms with Crippen molar-refractivity contribution in [2.75, 3.05) is 5.32 Å². The van der Waals surface area contributed by atoms with E-state index in [9.17, 15) is 9.59 Å². The maximum atomic E-state index is 11.3. The highest BCUT2D eigenvalue weighted by Gasteiger charge is 2.16. The van der Waals surface area contributed by atoms with Gasteiger partial charge in [0.2, 0.25) is 5.91 Å². The normalized spacial score (nSPS) is 10.3. The third kappa shape index (κ3) is 2.98. The third-order valence-electron chi connectivity index (χ3n) is 3.15. The topological polar surface area (TPSA) is 89.8 Å². The second kappa shape index (κ2) is 6.18. The number of hydrogen-bond acceptors (Lipinski definition) is 5. The molecular formula is C16H13N5O2. The van der Waals surface area contributed by atoms with Crippen LogP contribution >= 0.6 is 0 Å². The van der Waals surface area contributed by atoms with E-state index >= 15 is 0 Å². The van der Waals surface area contributed by atoms with E-state index in [1.54, 1.807) is 41.3 Å². The molecule has 0 aliphatic heterocycles. The van der Waals surface area contributed by atoms with Crippen LogP contribution in [0.15, 0.2) is 48.8 Å². The number of hydrogen-bond donors (Lipinski definition) is 1. The lowest BCUT2D eigenvalue weighted by Gasteiger charge is -2.09. The summed E-state index contributed by atoms with van der Waals surface area (Å²) in [5, 5.41) is 10.7. The van der Waals surface area contributed by atoms with E-state index in [0.29, 0.717) is 23.4 Å². The van der Waals surface area contributed by atoms with E-state index in [2.05, 4.69) is 20.6 Å². The van der Waals surface area contributed by atoms with Crippen molar-refractivity contribution in [2.45, 2.75) is 6.92 Å². The van der Waals surface area contributed by atoms with Gasteiger partial charge in [-0.15, -0.1) is 5.10 Å². The van der Waals surface area contributed by atoms with Crippen molar-refractivity contribution in [3.05, 3.63) is 54.5 Å². The lowest BCUT2D eigenvalue weighted by atomic mass is 10.1. The quantitative estimate of drug-likeness (QED) is 0.745. The first kappa shape index (κ1) is 14.6. The molecule has 0 unspecified atom stereocenters. The second-order valence-corrected chi connectivity index (χ2v) is 4.83. The number of carbonyl (C=O) groups excluding carboxylic acids is 2. The number of aldehydes is 1. The van der Waals surface area contributed by atoms with Crippen LogP contribution in [0, 0.1) is 0 Å². The van der Waals surface area contributed by atoms with Gasteiger partial charge in [0, 0.05) is 30.6 Å². The van der Waals surface area contributed by atoms with Crippen molar-refractivity contribution < 1.29 is 9.59 Å². The van der Waals surface area contributed by atoms with Crippen LogP contribution in [-0.2, 0) is 4.79 Å². The first-order chi connectivity index (χ1) is 11.2. The maximum Gasteiger partial charge on any atom is 0.221 e. The first-order valence-electron chi connectivity index (χ1n) is 6.88. The summed E-state index contributed by atoms with van der Waals surface area (Å²) in [6, 6.07) is 10.7. The van der Waals surface area contributed by atoms with Crippen LogP contribution in [-0.4, -0.2) is 32.2 Å². The van der Waals surface area contributed by atoms with Crippen molar-refractivity contribution in [1.82, 2.24) is 20.0 Å². The van der Waals surface area contributed by atoms with Crippen molar-refractivity contribution >= 4 is 17.9 Å². The van der Waals surface area contributed by atoms with Gasteiger partial charge in [0.1, 0.15) is 5.69 Å². The van der Waals surface area contributed by atoms with Crippen molar-refractivity contribution in [3.8, 4) is 16.9 Å². The summed E-state index contributed by atoms with van der Waals surface area (Å²) in [5.74, 6) is -0.165. The summed E-state index contributed by atoms with van der Waals surface area (Å²) < 4.78 is 1.55. The van der Waals surface area contributed by atoms with Crippen LogP contribution < -0.4 is 5.32 Å². The number of nitrogens with zero attached hydrogens (tertiary/aromatic N) is 4. The molecular weight excluding hydrogens is 294 g/mol. The lowest BCUT2D eigenvalue weighted by Crippen LogP contribution is -2.07. The maximum absolute atomic E-state index is 11.3. The summed E-state index contributed by atoms with van der Waals surface area (Å²) in [6.45, 7) is 1.44. The Hall–Kier alpha value is -3.35. The number of carbonyl (C=O) groups is 2. The molecule has 23 heavy (non-hydrogen) atoms. The standard InChI is InChI=1S/C16H13N5O2/c1-11(23)18-13-5-2-6-14(8-13)21-16(15(10-22)19-20-21)12-4-3-7-17-9-12/h2-10H,1H3,(H,18,23). The summed E-state index contributed by atoms with van der Waals surface area (Å²) in [4.78, 5) is 26.5. The number of nitrogens with one attached hydrogen (secondary N) is 1. The molecule has 0 fully saturated rings. The van der Waals surface area contributed by atoms with E-state index in [0.717, 1.165) is 5.56 Å². The summed E-state index contributed by atoms with van der Waals surface area (Å²) in [7, 11) is 0. The van der Waals surface area contributed by atoms with Crippen molar-refractivity contribution in [2.24, 2.45) is 0 Å². The van der Waals surface area contributed by atoms with Gasteiger partial charge in [0.15, 0.2) is 12.0 Å². The molecule has 0 bridgehead atoms. The number of aromatic nitrogens is 4. The zero-order chi connectivity index (χ0) is 16.2. The Morgan fingerprint density at radius 1 is 1.26 bits per heavy atom. The van der Waals surface area contributed by atoms with Crippen molar-refractivity contribution in [1.29, 1.82) is 0 Å². The Bertz CT molecular complexity index is 858. The Morgan fingerprint density at radius 2 is 2.13 bits per heavy atom. The van der Waals surface area contributed by atoms with Crippen LogP contribution in [0.2, 0.25) is 0 Å². The Morgan fingerprint density at radius 3 is 2.83 bits per heavy atom. The lowest BCUT2D eigenvalue weighted by molar-refractivity contribution is -0.114. The molecule has 0 spiro atoms. The van der Waals surface area contributed by atoms with Gasteiger partial charge in [-0.25, -0.2) is 4.68 Å². The second-order valence-electron chi connectivity index (χ2n) is 4.83.